The molecule has 0 spiro atoms. The molecule has 0 aliphatic rings. The van der Waals surface area contributed by atoms with E-state index >= 15 is 0 Å². The van der Waals surface area contributed by atoms with Crippen LogP contribution < -0.4 is 5.19 Å². The molecule has 0 aliphatic heterocycles. The second-order valence-electron chi connectivity index (χ2n) is 19.9. The SMILES string of the molecule is CC(C)Cc1cc(-c2[c-]cccc2)ncc1[Si](C)(C)C.Cc1cc2oc3c(-c4nc5ccccc5n4-c4c(-c5ccccc5)cc(C(C)(C)C)cc4-c4ccccc4)[c-]ccc3c2c(C)n1.[Ir]. The molecule has 339 valence electrons. The van der Waals surface area contributed by atoms with Crippen LogP contribution in [0.4, 0.5) is 0 Å². The number of nitrogens with zero attached hydrogens (tertiary/aromatic N) is 4. The Kier molecular flexibility index (Phi) is 13.5. The maximum atomic E-state index is 6.66. The average molecular weight is 1070 g/mol. The van der Waals surface area contributed by atoms with Crippen LogP contribution in [-0.2, 0) is 31.9 Å². The van der Waals surface area contributed by atoms with E-state index in [1.165, 1.54) is 16.3 Å². The van der Waals surface area contributed by atoms with Crippen molar-refractivity contribution in [2.45, 2.75) is 79.9 Å². The Morgan fingerprint density at radius 2 is 1.36 bits per heavy atom. The van der Waals surface area contributed by atoms with Gasteiger partial charge < -0.3 is 14.0 Å². The van der Waals surface area contributed by atoms with Crippen molar-refractivity contribution in [2.24, 2.45) is 5.92 Å². The molecule has 0 unspecified atom stereocenters. The predicted molar refractivity (Wildman–Crippen MR) is 279 cm³/mol. The monoisotopic (exact) mass is 1070 g/mol. The summed E-state index contributed by atoms with van der Waals surface area (Å²) in [5.74, 6) is 1.45. The fraction of sp³-hybridized carbons (Fsp3) is 0.217. The normalized spacial score (nSPS) is 11.8. The van der Waals surface area contributed by atoms with Crippen LogP contribution in [0.3, 0.4) is 0 Å². The maximum absolute atomic E-state index is 6.66. The van der Waals surface area contributed by atoms with Gasteiger partial charge in [-0.3, -0.25) is 9.97 Å². The molecule has 0 saturated carbocycles. The molecule has 0 saturated heterocycles. The van der Waals surface area contributed by atoms with Crippen molar-refractivity contribution in [3.05, 3.63) is 186 Å². The number of rotatable bonds is 8. The van der Waals surface area contributed by atoms with Crippen LogP contribution in [-0.4, -0.2) is 27.6 Å². The van der Waals surface area contributed by atoms with E-state index in [1.54, 1.807) is 0 Å². The molecule has 0 amide bonds. The van der Waals surface area contributed by atoms with Crippen molar-refractivity contribution >= 4 is 46.2 Å². The summed E-state index contributed by atoms with van der Waals surface area (Å²) in [4.78, 5) is 14.8. The molecule has 0 N–H and O–H groups in total. The zero-order valence-corrected chi connectivity index (χ0v) is 43.6. The molecule has 4 aromatic heterocycles. The van der Waals surface area contributed by atoms with Gasteiger partial charge in [0.15, 0.2) is 0 Å². The number of aromatic nitrogens is 4. The Labute approximate surface area is 410 Å². The van der Waals surface area contributed by atoms with Crippen molar-refractivity contribution in [1.82, 2.24) is 19.5 Å². The van der Waals surface area contributed by atoms with Crippen LogP contribution in [0.5, 0.6) is 0 Å². The van der Waals surface area contributed by atoms with Crippen LogP contribution in [0.2, 0.25) is 19.6 Å². The molecule has 1 radical (unpaired) electrons. The molecule has 0 fully saturated rings. The van der Waals surface area contributed by atoms with E-state index in [-0.39, 0.29) is 25.5 Å². The van der Waals surface area contributed by atoms with Crippen molar-refractivity contribution in [3.8, 4) is 50.6 Å². The molecule has 0 atom stereocenters. The number of imidazole rings is 1. The van der Waals surface area contributed by atoms with Gasteiger partial charge in [0.25, 0.3) is 0 Å². The number of hydrogen-bond donors (Lipinski definition) is 0. The topological polar surface area (TPSA) is 56.7 Å². The Morgan fingerprint density at radius 1 is 0.716 bits per heavy atom. The average Bonchev–Trinajstić information content (AvgIpc) is 3.87. The second-order valence-corrected chi connectivity index (χ2v) is 25.0. The molecule has 0 aliphatic carbocycles. The number of aryl methyl sites for hydroxylation is 2. The van der Waals surface area contributed by atoms with Crippen LogP contribution in [0, 0.1) is 31.9 Å². The molecule has 6 aromatic carbocycles. The van der Waals surface area contributed by atoms with Gasteiger partial charge in [-0.15, -0.1) is 54.1 Å². The molecule has 67 heavy (non-hydrogen) atoms. The first kappa shape index (κ1) is 47.3. The van der Waals surface area contributed by atoms with E-state index in [0.717, 1.165) is 101 Å². The molecule has 5 nitrogen and oxygen atoms in total. The molecule has 7 heteroatoms. The molecular formula is C60H58IrN4OSi-2. The van der Waals surface area contributed by atoms with Crippen LogP contribution in [0.15, 0.2) is 156 Å². The maximum Gasteiger partial charge on any atom is 0.124 e. The van der Waals surface area contributed by atoms with Gasteiger partial charge in [-0.05, 0) is 83.4 Å². The first-order chi connectivity index (χ1) is 31.7. The summed E-state index contributed by atoms with van der Waals surface area (Å²) in [5.41, 5.74) is 16.7. The Balaban J connectivity index is 0.000000244. The van der Waals surface area contributed by atoms with Gasteiger partial charge in [-0.25, -0.2) is 0 Å². The largest absolute Gasteiger partial charge is 0.500 e. The van der Waals surface area contributed by atoms with Crippen molar-refractivity contribution in [2.75, 3.05) is 0 Å². The van der Waals surface area contributed by atoms with E-state index in [4.69, 9.17) is 14.4 Å². The number of hydrogen-bond acceptors (Lipinski definition) is 4. The smallest absolute Gasteiger partial charge is 0.124 e. The van der Waals surface area contributed by atoms with Crippen LogP contribution >= 0.6 is 0 Å². The Bertz CT molecular complexity index is 3280. The van der Waals surface area contributed by atoms with E-state index in [9.17, 15) is 0 Å². The van der Waals surface area contributed by atoms with E-state index < -0.39 is 8.07 Å². The third kappa shape index (κ3) is 9.65. The Hall–Kier alpha value is -6.24. The van der Waals surface area contributed by atoms with Crippen molar-refractivity contribution in [3.63, 3.8) is 0 Å². The second kappa shape index (κ2) is 19.2. The standard InChI is InChI=1S/C42H34N3O.C18H24NSi.Ir/c1-26-23-37-38(27(2)43-26)31-19-14-20-32(40(31)46-37)41-44-35-21-12-13-22-36(35)45(41)39-33(28-15-8-6-9-16-28)24-30(42(3,4)5)25-34(39)29-17-10-7-11-18-29;1-14(2)11-16-12-17(15-9-7-6-8-10-15)19-13-18(16)20(3,4)5;/h6-19,21-25H,1-5H3;6-9,12-14H,11H2,1-5H3;/q2*-1;. The number of fused-ring (bicyclic) bond motifs is 4. The third-order valence-electron chi connectivity index (χ3n) is 12.3. The van der Waals surface area contributed by atoms with Crippen LogP contribution in [0.1, 0.15) is 57.1 Å². The molecule has 10 aromatic rings. The predicted octanol–water partition coefficient (Wildman–Crippen LogP) is 15.3. The van der Waals surface area contributed by atoms with Gasteiger partial charge in [-0.1, -0.05) is 150 Å². The zero-order valence-electron chi connectivity index (χ0n) is 40.2. The summed E-state index contributed by atoms with van der Waals surface area (Å²) in [7, 11) is -1.34. The minimum absolute atomic E-state index is 0. The summed E-state index contributed by atoms with van der Waals surface area (Å²) in [5, 5.41) is 3.54. The number of furan rings is 1. The first-order valence-electron chi connectivity index (χ1n) is 23.1. The number of pyridine rings is 2. The first-order valence-corrected chi connectivity index (χ1v) is 26.6. The van der Waals surface area contributed by atoms with Crippen LogP contribution in [0.25, 0.3) is 83.6 Å². The summed E-state index contributed by atoms with van der Waals surface area (Å²) in [6.45, 7) is 22.6. The minimum Gasteiger partial charge on any atom is -0.500 e. The molecule has 10 rings (SSSR count). The van der Waals surface area contributed by atoms with Gasteiger partial charge in [0.05, 0.1) is 36.2 Å². The molecular weight excluding hydrogens is 1010 g/mol. The quantitative estimate of drug-likeness (QED) is 0.112. The van der Waals surface area contributed by atoms with E-state index in [1.807, 2.05) is 50.2 Å². The fourth-order valence-corrected chi connectivity index (χ4v) is 10.7. The van der Waals surface area contributed by atoms with E-state index in [0.29, 0.717) is 5.92 Å². The molecule has 0 bridgehead atoms. The van der Waals surface area contributed by atoms with Gasteiger partial charge in [-0.2, -0.15) is 0 Å². The number of benzene rings is 6. The Morgan fingerprint density at radius 3 is 1.97 bits per heavy atom. The fourth-order valence-electron chi connectivity index (χ4n) is 9.15. The number of para-hydroxylation sites is 2. The van der Waals surface area contributed by atoms with Gasteiger partial charge >= 0.3 is 0 Å². The summed E-state index contributed by atoms with van der Waals surface area (Å²) in [6, 6.07) is 57.7. The summed E-state index contributed by atoms with van der Waals surface area (Å²) >= 11 is 0. The van der Waals surface area contributed by atoms with Crippen molar-refractivity contribution < 1.29 is 24.5 Å². The van der Waals surface area contributed by atoms with Gasteiger partial charge in [0.2, 0.25) is 0 Å². The van der Waals surface area contributed by atoms with E-state index in [2.05, 4.69) is 191 Å². The zero-order chi connectivity index (χ0) is 46.3. The minimum atomic E-state index is -1.34. The molecule has 4 heterocycles. The van der Waals surface area contributed by atoms with Crippen molar-refractivity contribution in [1.29, 1.82) is 0 Å². The third-order valence-corrected chi connectivity index (χ3v) is 14.4. The van der Waals surface area contributed by atoms with Gasteiger partial charge in [0.1, 0.15) is 5.58 Å². The van der Waals surface area contributed by atoms with Gasteiger partial charge in [0, 0.05) is 60.3 Å². The summed E-state index contributed by atoms with van der Waals surface area (Å²) in [6.07, 6.45) is 3.24. The summed E-state index contributed by atoms with van der Waals surface area (Å²) < 4.78 is 8.98.